The summed E-state index contributed by atoms with van der Waals surface area (Å²) in [6.07, 6.45) is 3.72. The Balaban J connectivity index is 1.66. The Bertz CT molecular complexity index is 607. The van der Waals surface area contributed by atoms with Crippen LogP contribution in [0.15, 0.2) is 6.07 Å². The van der Waals surface area contributed by atoms with E-state index in [1.165, 1.54) is 0 Å². The molecule has 1 atom stereocenters. The first-order valence-electron chi connectivity index (χ1n) is 8.85. The van der Waals surface area contributed by atoms with E-state index < -0.39 is 5.97 Å². The van der Waals surface area contributed by atoms with Crippen molar-refractivity contribution in [2.24, 2.45) is 0 Å². The van der Waals surface area contributed by atoms with Crippen molar-refractivity contribution in [1.82, 2.24) is 19.6 Å². The lowest BCUT2D eigenvalue weighted by atomic mass is 10.2. The van der Waals surface area contributed by atoms with Gasteiger partial charge in [0, 0.05) is 39.1 Å². The Morgan fingerprint density at radius 3 is 2.67 bits per heavy atom. The van der Waals surface area contributed by atoms with Gasteiger partial charge in [0.25, 0.3) is 0 Å². The van der Waals surface area contributed by atoms with Crippen molar-refractivity contribution in [2.75, 3.05) is 19.6 Å². The number of likely N-dealkylation sites (tertiary alicyclic amines) is 1. The summed E-state index contributed by atoms with van der Waals surface area (Å²) in [4.78, 5) is 27.6. The third-order valence-corrected chi connectivity index (χ3v) is 5.01. The lowest BCUT2D eigenvalue weighted by Gasteiger charge is -2.29. The minimum absolute atomic E-state index is 0.101. The molecule has 7 nitrogen and oxygen atoms in total. The fraction of sp³-hybridized carbons (Fsp3) is 0.706. The van der Waals surface area contributed by atoms with E-state index in [4.69, 9.17) is 5.11 Å². The lowest BCUT2D eigenvalue weighted by molar-refractivity contribution is -0.137. The number of rotatable bonds is 5. The van der Waals surface area contributed by atoms with Gasteiger partial charge in [0.2, 0.25) is 5.91 Å². The van der Waals surface area contributed by atoms with Gasteiger partial charge in [0.05, 0.1) is 23.9 Å². The summed E-state index contributed by atoms with van der Waals surface area (Å²) in [6.45, 7) is 6.17. The minimum atomic E-state index is -0.801. The summed E-state index contributed by atoms with van der Waals surface area (Å²) in [6, 6.07) is 1.88. The topological polar surface area (TPSA) is 78.7 Å². The number of aryl methyl sites for hydroxylation is 2. The molecule has 0 aliphatic carbocycles. The van der Waals surface area contributed by atoms with Gasteiger partial charge in [0.15, 0.2) is 0 Å². The van der Waals surface area contributed by atoms with Crippen LogP contribution in [0.1, 0.15) is 44.0 Å². The van der Waals surface area contributed by atoms with Crippen LogP contribution in [0, 0.1) is 0 Å². The van der Waals surface area contributed by atoms with Gasteiger partial charge in [-0.3, -0.25) is 19.2 Å². The predicted molar refractivity (Wildman–Crippen MR) is 88.5 cm³/mol. The quantitative estimate of drug-likeness (QED) is 0.873. The maximum Gasteiger partial charge on any atom is 0.303 e. The van der Waals surface area contributed by atoms with Gasteiger partial charge in [0.1, 0.15) is 0 Å². The highest BCUT2D eigenvalue weighted by atomic mass is 16.4. The fourth-order valence-corrected chi connectivity index (χ4v) is 3.59. The second-order valence-electron chi connectivity index (χ2n) is 6.78. The largest absolute Gasteiger partial charge is 0.481 e. The molecule has 0 radical (unpaired) electrons. The summed E-state index contributed by atoms with van der Waals surface area (Å²) in [5.74, 6) is -0.573. The number of carbonyl (C=O) groups excluding carboxylic acids is 1. The van der Waals surface area contributed by atoms with Crippen molar-refractivity contribution in [3.63, 3.8) is 0 Å². The second kappa shape index (κ2) is 7.34. The smallest absolute Gasteiger partial charge is 0.303 e. The van der Waals surface area contributed by atoms with E-state index in [0.717, 1.165) is 56.8 Å². The van der Waals surface area contributed by atoms with Crippen LogP contribution in [-0.2, 0) is 29.1 Å². The molecule has 3 heterocycles. The van der Waals surface area contributed by atoms with Crippen LogP contribution >= 0.6 is 0 Å². The molecule has 1 fully saturated rings. The molecule has 0 aromatic carbocycles. The number of aromatic nitrogens is 2. The summed E-state index contributed by atoms with van der Waals surface area (Å²) >= 11 is 0. The molecule has 1 saturated heterocycles. The first kappa shape index (κ1) is 17.0. The number of hydrogen-bond acceptors (Lipinski definition) is 4. The van der Waals surface area contributed by atoms with Crippen LogP contribution in [-0.4, -0.2) is 62.2 Å². The molecule has 7 heteroatoms. The number of carbonyl (C=O) groups is 2. The first-order valence-corrected chi connectivity index (χ1v) is 8.85. The molecule has 2 aliphatic rings. The number of fused-ring (bicyclic) bond motifs is 1. The Hall–Kier alpha value is -1.89. The van der Waals surface area contributed by atoms with Crippen LogP contribution in [0.3, 0.4) is 0 Å². The zero-order chi connectivity index (χ0) is 17.1. The second-order valence-corrected chi connectivity index (χ2v) is 6.78. The van der Waals surface area contributed by atoms with E-state index in [9.17, 15) is 9.59 Å². The number of hydrogen-bond donors (Lipinski definition) is 1. The third-order valence-electron chi connectivity index (χ3n) is 5.01. The van der Waals surface area contributed by atoms with Gasteiger partial charge in [-0.05, 0) is 32.3 Å². The maximum atomic E-state index is 12.6. The molecule has 132 valence electrons. The summed E-state index contributed by atoms with van der Waals surface area (Å²) in [5, 5.41) is 13.3. The number of carboxylic acid groups (broad SMARTS) is 1. The Labute approximate surface area is 142 Å². The normalized spacial score (nSPS) is 19.8. The number of aliphatic carboxylic acids is 1. The zero-order valence-corrected chi connectivity index (χ0v) is 14.3. The van der Waals surface area contributed by atoms with Gasteiger partial charge in [-0.2, -0.15) is 5.10 Å². The molecule has 1 N–H and O–H groups in total. The van der Waals surface area contributed by atoms with Crippen LogP contribution in [0.5, 0.6) is 0 Å². The average Bonchev–Trinajstić information content (AvgIpc) is 3.17. The molecule has 0 spiro atoms. The standard InChI is InChI=1S/C17H26N4O3/c1-13(17(24)19-7-2-3-8-19)20-9-4-10-21-15(12-20)11-14(18-21)5-6-16(22)23/h11,13H,2-10,12H2,1H3,(H,22,23). The van der Waals surface area contributed by atoms with E-state index in [1.54, 1.807) is 0 Å². The third kappa shape index (κ3) is 3.77. The highest BCUT2D eigenvalue weighted by molar-refractivity contribution is 5.81. The van der Waals surface area contributed by atoms with Crippen molar-refractivity contribution in [2.45, 2.75) is 58.2 Å². The SMILES string of the molecule is CC(C(=O)N1CCCC1)N1CCCn2nc(CCC(=O)O)cc2C1. The van der Waals surface area contributed by atoms with E-state index in [1.807, 2.05) is 22.6 Å². The molecule has 1 unspecified atom stereocenters. The van der Waals surface area contributed by atoms with Crippen molar-refractivity contribution >= 4 is 11.9 Å². The molecule has 1 aromatic heterocycles. The molecule has 24 heavy (non-hydrogen) atoms. The monoisotopic (exact) mass is 334 g/mol. The predicted octanol–water partition coefficient (Wildman–Crippen LogP) is 1.12. The van der Waals surface area contributed by atoms with E-state index >= 15 is 0 Å². The Kier molecular flexibility index (Phi) is 5.18. The molecular formula is C17H26N4O3. The number of carboxylic acids is 1. The van der Waals surface area contributed by atoms with E-state index in [-0.39, 0.29) is 18.4 Å². The van der Waals surface area contributed by atoms with Crippen LogP contribution in [0.4, 0.5) is 0 Å². The average molecular weight is 334 g/mol. The van der Waals surface area contributed by atoms with Gasteiger partial charge >= 0.3 is 5.97 Å². The zero-order valence-electron chi connectivity index (χ0n) is 14.3. The molecular weight excluding hydrogens is 308 g/mol. The lowest BCUT2D eigenvalue weighted by Crippen LogP contribution is -2.46. The summed E-state index contributed by atoms with van der Waals surface area (Å²) in [7, 11) is 0. The van der Waals surface area contributed by atoms with Crippen LogP contribution < -0.4 is 0 Å². The number of amides is 1. The molecule has 3 rings (SSSR count). The van der Waals surface area contributed by atoms with Crippen LogP contribution in [0.2, 0.25) is 0 Å². The minimum Gasteiger partial charge on any atom is -0.481 e. The Morgan fingerprint density at radius 2 is 1.96 bits per heavy atom. The maximum absolute atomic E-state index is 12.6. The number of nitrogens with zero attached hydrogens (tertiary/aromatic N) is 4. The Morgan fingerprint density at radius 1 is 1.21 bits per heavy atom. The molecule has 1 aromatic rings. The highest BCUT2D eigenvalue weighted by Crippen LogP contribution is 2.19. The summed E-state index contributed by atoms with van der Waals surface area (Å²) < 4.78 is 1.98. The van der Waals surface area contributed by atoms with Crippen molar-refractivity contribution in [1.29, 1.82) is 0 Å². The summed E-state index contributed by atoms with van der Waals surface area (Å²) in [5.41, 5.74) is 1.90. The van der Waals surface area contributed by atoms with Crippen molar-refractivity contribution in [3.05, 3.63) is 17.5 Å². The van der Waals surface area contributed by atoms with Gasteiger partial charge in [-0.25, -0.2) is 0 Å². The van der Waals surface area contributed by atoms with Gasteiger partial charge < -0.3 is 10.0 Å². The molecule has 1 amide bonds. The molecule has 0 bridgehead atoms. The van der Waals surface area contributed by atoms with E-state index in [2.05, 4.69) is 10.00 Å². The van der Waals surface area contributed by atoms with Gasteiger partial charge in [-0.15, -0.1) is 0 Å². The fourth-order valence-electron chi connectivity index (χ4n) is 3.59. The van der Waals surface area contributed by atoms with Crippen LogP contribution in [0.25, 0.3) is 0 Å². The van der Waals surface area contributed by atoms with Gasteiger partial charge in [-0.1, -0.05) is 0 Å². The highest BCUT2D eigenvalue weighted by Gasteiger charge is 2.29. The first-order chi connectivity index (χ1) is 11.5. The molecule has 2 aliphatic heterocycles. The van der Waals surface area contributed by atoms with E-state index in [0.29, 0.717) is 13.0 Å². The molecule has 0 saturated carbocycles. The van der Waals surface area contributed by atoms with Crippen molar-refractivity contribution in [3.8, 4) is 0 Å². The van der Waals surface area contributed by atoms with Crippen molar-refractivity contribution < 1.29 is 14.7 Å².